The van der Waals surface area contributed by atoms with Crippen molar-refractivity contribution in [2.24, 2.45) is 0 Å². The zero-order chi connectivity index (χ0) is 12.2. The van der Waals surface area contributed by atoms with Crippen molar-refractivity contribution in [1.29, 1.82) is 0 Å². The largest absolute Gasteiger partial charge is 2.00 e. The molecule has 0 fully saturated rings. The van der Waals surface area contributed by atoms with Crippen LogP contribution in [-0.4, -0.2) is 103 Å². The summed E-state index contributed by atoms with van der Waals surface area (Å²) in [5.74, 6) is 0. The second-order valence-corrected chi connectivity index (χ2v) is 4.77. The van der Waals surface area contributed by atoms with Crippen LogP contribution in [0.15, 0.2) is 0 Å². The molecule has 0 atom stereocenters. The first-order valence-electron chi connectivity index (χ1n) is 2.16. The summed E-state index contributed by atoms with van der Waals surface area (Å²) in [6.07, 6.45) is 0. The van der Waals surface area contributed by atoms with E-state index in [0.29, 0.717) is 0 Å². The van der Waals surface area contributed by atoms with Gasteiger partial charge in [0.05, 0.1) is 7.82 Å². The average Bonchev–Trinajstić information content (AvgIpc) is 1.42. The molecule has 0 aliphatic heterocycles. The first-order valence-corrected chi connectivity index (χ1v) is 6.49. The van der Waals surface area contributed by atoms with Crippen molar-refractivity contribution >= 4 is 102 Å². The predicted octanol–water partition coefficient (Wildman–Crippen LogP) is -4.18. The number of hydrogen-bond donors (Lipinski definition) is 2. The summed E-state index contributed by atoms with van der Waals surface area (Å²) in [6, 6.07) is 0. The fraction of sp³-hybridized carbons (Fsp3) is 0. The molecule has 0 saturated carbocycles. The van der Waals surface area contributed by atoms with Crippen LogP contribution in [0, 0.1) is 0 Å². The van der Waals surface area contributed by atoms with E-state index >= 15 is 0 Å². The van der Waals surface area contributed by atoms with Crippen LogP contribution < -0.4 is 9.79 Å². The monoisotopic (exact) mass is 352 g/mol. The van der Waals surface area contributed by atoms with Crippen molar-refractivity contribution in [2.75, 3.05) is 0 Å². The molecule has 11 nitrogen and oxygen atoms in total. The number of rotatable bonds is 2. The molecule has 0 spiro atoms. The smallest absolute Gasteiger partial charge is 0.789 e. The Morgan fingerprint density at radius 2 is 1.19 bits per heavy atom. The molecule has 0 aliphatic rings. The van der Waals surface area contributed by atoms with Crippen LogP contribution in [0.4, 0.5) is 0 Å². The molecule has 0 aromatic carbocycles. The van der Waals surface area contributed by atoms with Gasteiger partial charge in [-0.2, -0.15) is 0 Å². The Bertz CT molecular complexity index is 316. The minimum Gasteiger partial charge on any atom is -0.789 e. The van der Waals surface area contributed by atoms with Gasteiger partial charge >= 0.3 is 83.3 Å². The van der Waals surface area contributed by atoms with E-state index in [9.17, 15) is 18.9 Å². The summed E-state index contributed by atoms with van der Waals surface area (Å²) >= 11 is 0. The molecule has 0 aromatic heterocycles. The molecular weight excluding hydrogens is 350 g/mol. The zero-order valence-corrected chi connectivity index (χ0v) is 14.3. The Morgan fingerprint density at radius 3 is 1.19 bits per heavy atom. The molecule has 16 heteroatoms. The molecule has 0 heterocycles. The summed E-state index contributed by atoms with van der Waals surface area (Å²) in [7, 11) is -15.9. The van der Waals surface area contributed by atoms with Crippen LogP contribution >= 0.6 is 15.6 Å². The molecule has 88 valence electrons. The number of phosphoric acid groups is 2. The molecule has 0 bridgehead atoms. The normalized spacial score (nSPS) is 11.4. The fourth-order valence-corrected chi connectivity index (χ4v) is 1.17. The van der Waals surface area contributed by atoms with Gasteiger partial charge in [0.1, 0.15) is 0 Å². The van der Waals surface area contributed by atoms with E-state index in [0.717, 1.165) is 0 Å². The van der Waals surface area contributed by atoms with Gasteiger partial charge in [-0.1, -0.05) is 0 Å². The average molecular weight is 352 g/mol. The predicted molar refractivity (Wildman–Crippen MR) is 42.7 cm³/mol. The third-order valence-corrected chi connectivity index (χ3v) is 1.86. The Balaban J connectivity index is -0.0000000904. The molecule has 0 radical (unpaired) electrons. The van der Waals surface area contributed by atoms with Gasteiger partial charge in [0.25, 0.3) is 0 Å². The summed E-state index contributed by atoms with van der Waals surface area (Å²) in [5.41, 5.74) is 0. The first-order chi connectivity index (χ1) is 5.71. The molecule has 0 saturated heterocycles. The van der Waals surface area contributed by atoms with E-state index in [-0.39, 0.29) is 75.5 Å². The van der Waals surface area contributed by atoms with Gasteiger partial charge in [-0.15, -0.1) is 0 Å². The second kappa shape index (κ2) is 10.4. The van der Waals surface area contributed by atoms with Crippen LogP contribution in [0.25, 0.3) is 0 Å². The van der Waals surface area contributed by atoms with E-state index in [2.05, 4.69) is 4.31 Å². The van der Waals surface area contributed by atoms with Crippen molar-refractivity contribution in [2.45, 2.75) is 0 Å². The Hall–Kier alpha value is 2.65. The molecular formula is H2Ca2O11P2S. The topological polar surface area (TPSA) is 210 Å². The van der Waals surface area contributed by atoms with Gasteiger partial charge in [0, 0.05) is 10.4 Å². The summed E-state index contributed by atoms with van der Waals surface area (Å²) < 4.78 is 55.8. The molecule has 16 heavy (non-hydrogen) atoms. The maximum absolute atomic E-state index is 9.55. The van der Waals surface area contributed by atoms with Gasteiger partial charge in [-0.05, 0) is 0 Å². The van der Waals surface area contributed by atoms with Gasteiger partial charge in [-0.3, -0.25) is 12.7 Å². The third-order valence-electron chi connectivity index (χ3n) is 0.206. The van der Waals surface area contributed by atoms with Crippen molar-refractivity contribution < 1.29 is 50.5 Å². The van der Waals surface area contributed by atoms with Gasteiger partial charge in [0.2, 0.25) is 0 Å². The molecule has 2 N–H and O–H groups in total. The maximum atomic E-state index is 9.55. The molecule has 0 amide bonds. The summed E-state index contributed by atoms with van der Waals surface area (Å²) in [4.78, 5) is 34.1. The maximum Gasteiger partial charge on any atom is 2.00 e. The van der Waals surface area contributed by atoms with E-state index in [1.165, 1.54) is 0 Å². The molecule has 0 aliphatic carbocycles. The molecule has 0 aromatic rings. The van der Waals surface area contributed by atoms with E-state index in [4.69, 9.17) is 27.3 Å². The van der Waals surface area contributed by atoms with Crippen molar-refractivity contribution in [3.8, 4) is 0 Å². The van der Waals surface area contributed by atoms with Crippen molar-refractivity contribution in [1.82, 2.24) is 0 Å². The van der Waals surface area contributed by atoms with Gasteiger partial charge in [0.15, 0.2) is 0 Å². The van der Waals surface area contributed by atoms with Crippen molar-refractivity contribution in [3.05, 3.63) is 0 Å². The van der Waals surface area contributed by atoms with Crippen LogP contribution in [0.3, 0.4) is 0 Å². The van der Waals surface area contributed by atoms with Gasteiger partial charge < -0.3 is 33.2 Å². The summed E-state index contributed by atoms with van der Waals surface area (Å²) in [5, 5.41) is 0. The Labute approximate surface area is 150 Å². The summed E-state index contributed by atoms with van der Waals surface area (Å²) in [6.45, 7) is 0. The van der Waals surface area contributed by atoms with Crippen LogP contribution in [0.1, 0.15) is 0 Å². The molecule has 0 rings (SSSR count). The van der Waals surface area contributed by atoms with E-state index in [1.807, 2.05) is 0 Å². The molecule has 0 unspecified atom stereocenters. The minimum absolute atomic E-state index is 0. The van der Waals surface area contributed by atoms with E-state index in [1.54, 1.807) is 0 Å². The zero-order valence-electron chi connectivity index (χ0n) is 7.29. The van der Waals surface area contributed by atoms with Gasteiger partial charge in [-0.25, -0.2) is 4.57 Å². The quantitative estimate of drug-likeness (QED) is 0.210. The second-order valence-electron chi connectivity index (χ2n) is 1.43. The standard InChI is InChI=1S/2Ca.H4O7P2.H2O4S/c;;1-8(2,3)7-9(4,5)6;1-5(2,3)4/h;;(H2,1,2,3)(H2,4,5,6);(H2,1,2,3,4)/q2*+2;;/p-4. The first kappa shape index (κ1) is 27.1. The number of hydrogen-bond acceptors (Lipinski definition) is 9. The van der Waals surface area contributed by atoms with Crippen LogP contribution in [-0.2, 0) is 23.8 Å². The third kappa shape index (κ3) is 54.5. The fourth-order valence-electron chi connectivity index (χ4n) is 0.130. The van der Waals surface area contributed by atoms with Crippen LogP contribution in [0.2, 0.25) is 0 Å². The minimum atomic E-state index is -5.55. The van der Waals surface area contributed by atoms with Crippen LogP contribution in [0.5, 0.6) is 0 Å². The SMILES string of the molecule is O=P([O-])([O-])OP(=O)(O)O.O=S(=O)([O-])[O-].[Ca+2].[Ca+2]. The Morgan fingerprint density at radius 1 is 1.00 bits per heavy atom. The van der Waals surface area contributed by atoms with Crippen molar-refractivity contribution in [3.63, 3.8) is 0 Å². The Kier molecular flexibility index (Phi) is 17.7. The van der Waals surface area contributed by atoms with E-state index < -0.39 is 26.0 Å².